The van der Waals surface area contributed by atoms with E-state index in [1.165, 1.54) is 18.2 Å². The highest BCUT2D eigenvalue weighted by atomic mass is 35.5. The zero-order chi connectivity index (χ0) is 24.2. The quantitative estimate of drug-likeness (QED) is 0.232. The van der Waals surface area contributed by atoms with E-state index in [0.717, 1.165) is 11.6 Å². The van der Waals surface area contributed by atoms with E-state index in [0.29, 0.717) is 24.7 Å². The molecular weight excluding hydrogens is 455 g/mol. The van der Waals surface area contributed by atoms with E-state index in [1.54, 1.807) is 13.0 Å². The lowest BCUT2D eigenvalue weighted by molar-refractivity contribution is -0.138. The molecule has 2 aromatic rings. The zero-order valence-electron chi connectivity index (χ0n) is 17.8. The average molecular weight is 478 g/mol. The number of amidine groups is 1. The predicted molar refractivity (Wildman–Crippen MR) is 125 cm³/mol. The van der Waals surface area contributed by atoms with Gasteiger partial charge in [-0.2, -0.15) is 13.2 Å². The Labute approximate surface area is 194 Å². The van der Waals surface area contributed by atoms with E-state index in [2.05, 4.69) is 22.0 Å². The molecule has 10 heteroatoms. The Morgan fingerprint density at radius 3 is 2.76 bits per heavy atom. The molecule has 0 radical (unpaired) electrons. The van der Waals surface area contributed by atoms with Crippen molar-refractivity contribution in [1.82, 2.24) is 10.3 Å². The van der Waals surface area contributed by atoms with Crippen LogP contribution in [0.25, 0.3) is 5.76 Å². The van der Waals surface area contributed by atoms with Crippen LogP contribution in [-0.2, 0) is 6.18 Å². The molecule has 3 N–H and O–H groups in total. The van der Waals surface area contributed by atoms with Crippen LogP contribution in [0.3, 0.4) is 0 Å². The number of hydrogen-bond acceptors (Lipinski definition) is 5. The minimum atomic E-state index is -4.76. The smallest absolute Gasteiger partial charge is 0.418 e. The van der Waals surface area contributed by atoms with Gasteiger partial charge in [0.1, 0.15) is 11.5 Å². The van der Waals surface area contributed by atoms with Crippen molar-refractivity contribution < 1.29 is 18.3 Å². The Kier molecular flexibility index (Phi) is 7.55. The predicted octanol–water partition coefficient (Wildman–Crippen LogP) is 5.43. The number of alkyl halides is 3. The number of nitrogens with zero attached hydrogens (tertiary/aromatic N) is 3. The van der Waals surface area contributed by atoms with Crippen LogP contribution in [0, 0.1) is 5.41 Å². The maximum Gasteiger partial charge on any atom is 0.418 e. The number of benzene rings is 1. The van der Waals surface area contributed by atoms with Crippen LogP contribution >= 0.6 is 11.6 Å². The van der Waals surface area contributed by atoms with Gasteiger partial charge in [0.2, 0.25) is 0 Å². The molecule has 0 saturated carbocycles. The van der Waals surface area contributed by atoms with E-state index < -0.39 is 29.0 Å². The lowest BCUT2D eigenvalue weighted by atomic mass is 10.0. The summed E-state index contributed by atoms with van der Waals surface area (Å²) < 4.78 is 41.2. The Morgan fingerprint density at radius 2 is 2.12 bits per heavy atom. The molecule has 1 unspecified atom stereocenters. The van der Waals surface area contributed by atoms with E-state index in [9.17, 15) is 18.3 Å². The minimum absolute atomic E-state index is 0.106. The van der Waals surface area contributed by atoms with Gasteiger partial charge < -0.3 is 15.3 Å². The van der Waals surface area contributed by atoms with Gasteiger partial charge in [-0.15, -0.1) is 0 Å². The molecule has 1 aliphatic rings. The third kappa shape index (κ3) is 5.61. The Balaban J connectivity index is 2.06. The summed E-state index contributed by atoms with van der Waals surface area (Å²) in [6.07, 6.45) is -1.98. The van der Waals surface area contributed by atoms with Gasteiger partial charge >= 0.3 is 6.18 Å². The topological polar surface area (TPSA) is 84.6 Å². The number of piperazine rings is 1. The number of hydrogen-bond donors (Lipinski definition) is 3. The number of anilines is 1. The van der Waals surface area contributed by atoms with Gasteiger partial charge in [0.25, 0.3) is 0 Å². The summed E-state index contributed by atoms with van der Waals surface area (Å²) in [5.74, 6) is -0.980. The lowest BCUT2D eigenvalue weighted by Gasteiger charge is -2.35. The third-order valence-corrected chi connectivity index (χ3v) is 5.40. The standard InChI is InChI=1S/C23H23ClF3N5O/c1-3-5-16(22(28)29-2)21(33)20-17(23(25,26)27)8-9-19(31-20)32-11-10-30-18(13-32)14-6-4-7-15(24)12-14/h3-9,12,18,28,30,33H,2,10-11,13H2,1H3/b5-3-,21-16?,28-22?. The van der Waals surface area contributed by atoms with Gasteiger partial charge in [-0.05, 0) is 43.5 Å². The van der Waals surface area contributed by atoms with Crippen LogP contribution in [0.1, 0.15) is 29.8 Å². The number of halogens is 4. The minimum Gasteiger partial charge on any atom is -0.505 e. The number of nitrogens with one attached hydrogen (secondary N) is 2. The summed E-state index contributed by atoms with van der Waals surface area (Å²) in [6.45, 7) is 6.35. The highest BCUT2D eigenvalue weighted by molar-refractivity contribution is 6.30. The largest absolute Gasteiger partial charge is 0.505 e. The van der Waals surface area contributed by atoms with Gasteiger partial charge in [0.15, 0.2) is 11.6 Å². The molecule has 1 aliphatic heterocycles. The fourth-order valence-electron chi connectivity index (χ4n) is 3.59. The highest BCUT2D eigenvalue weighted by Gasteiger charge is 2.36. The van der Waals surface area contributed by atoms with Crippen molar-refractivity contribution in [3.63, 3.8) is 0 Å². The Bertz CT molecular complexity index is 1110. The highest BCUT2D eigenvalue weighted by Crippen LogP contribution is 2.36. The second kappa shape index (κ2) is 10.2. The second-order valence-corrected chi connectivity index (χ2v) is 7.78. The maximum atomic E-state index is 13.7. The number of aliphatic hydroxyl groups is 1. The molecule has 33 heavy (non-hydrogen) atoms. The number of aliphatic imine (C=N–C) groups is 1. The normalized spacial score (nSPS) is 17.7. The Hall–Kier alpha value is -3.17. The summed E-state index contributed by atoms with van der Waals surface area (Å²) >= 11 is 6.10. The van der Waals surface area contributed by atoms with Gasteiger partial charge in [0.05, 0.1) is 11.1 Å². The molecule has 0 spiro atoms. The van der Waals surface area contributed by atoms with E-state index in [4.69, 9.17) is 17.0 Å². The molecule has 0 amide bonds. The molecule has 1 aromatic carbocycles. The van der Waals surface area contributed by atoms with Crippen molar-refractivity contribution in [3.8, 4) is 0 Å². The number of aliphatic hydroxyl groups excluding tert-OH is 1. The first-order valence-corrected chi connectivity index (χ1v) is 10.5. The Morgan fingerprint density at radius 1 is 1.36 bits per heavy atom. The summed E-state index contributed by atoms with van der Waals surface area (Å²) in [5, 5.41) is 22.5. The molecule has 1 saturated heterocycles. The van der Waals surface area contributed by atoms with Crippen LogP contribution < -0.4 is 10.2 Å². The third-order valence-electron chi connectivity index (χ3n) is 5.16. The molecule has 1 fully saturated rings. The first-order chi connectivity index (χ1) is 15.7. The van der Waals surface area contributed by atoms with Crippen molar-refractivity contribution in [2.45, 2.75) is 19.1 Å². The maximum absolute atomic E-state index is 13.7. The van der Waals surface area contributed by atoms with Crippen LogP contribution in [0.15, 0.2) is 59.1 Å². The van der Waals surface area contributed by atoms with Crippen molar-refractivity contribution in [1.29, 1.82) is 5.41 Å². The fraction of sp³-hybridized carbons (Fsp3) is 0.261. The van der Waals surface area contributed by atoms with Crippen molar-refractivity contribution >= 4 is 35.7 Å². The molecule has 0 aliphatic carbocycles. The van der Waals surface area contributed by atoms with Crippen LogP contribution in [0.5, 0.6) is 0 Å². The monoisotopic (exact) mass is 477 g/mol. The van der Waals surface area contributed by atoms with Gasteiger partial charge in [-0.3, -0.25) is 5.41 Å². The SMILES string of the molecule is C=NC(=N)C(/C=C\C)=C(O)c1nc(N2CCNC(c3cccc(Cl)c3)C2)ccc1C(F)(F)F. The van der Waals surface area contributed by atoms with E-state index >= 15 is 0 Å². The molecule has 2 heterocycles. The van der Waals surface area contributed by atoms with Gasteiger partial charge in [-0.1, -0.05) is 35.9 Å². The zero-order valence-corrected chi connectivity index (χ0v) is 18.6. The molecule has 0 bridgehead atoms. The van der Waals surface area contributed by atoms with Crippen LogP contribution in [-0.4, -0.2) is 42.3 Å². The molecule has 6 nitrogen and oxygen atoms in total. The van der Waals surface area contributed by atoms with Gasteiger partial charge in [-0.25, -0.2) is 9.98 Å². The van der Waals surface area contributed by atoms with E-state index in [-0.39, 0.29) is 17.4 Å². The first-order valence-electron chi connectivity index (χ1n) is 10.1. The fourth-order valence-corrected chi connectivity index (χ4v) is 3.79. The summed E-state index contributed by atoms with van der Waals surface area (Å²) in [4.78, 5) is 9.45. The van der Waals surface area contributed by atoms with Crippen molar-refractivity contribution in [3.05, 3.63) is 76.0 Å². The van der Waals surface area contributed by atoms with Crippen LogP contribution in [0.4, 0.5) is 19.0 Å². The van der Waals surface area contributed by atoms with Crippen LogP contribution in [0.2, 0.25) is 5.02 Å². The molecule has 174 valence electrons. The average Bonchev–Trinajstić information content (AvgIpc) is 2.80. The summed E-state index contributed by atoms with van der Waals surface area (Å²) in [7, 11) is 0. The number of pyridine rings is 1. The van der Waals surface area contributed by atoms with Crippen molar-refractivity contribution in [2.75, 3.05) is 24.5 Å². The molecule has 3 rings (SSSR count). The second-order valence-electron chi connectivity index (χ2n) is 7.34. The summed E-state index contributed by atoms with van der Waals surface area (Å²) in [6, 6.07) is 9.43. The van der Waals surface area contributed by atoms with E-state index in [1.807, 2.05) is 23.1 Å². The number of rotatable bonds is 5. The molecule has 1 aromatic heterocycles. The van der Waals surface area contributed by atoms with Gasteiger partial charge in [0, 0.05) is 30.7 Å². The lowest BCUT2D eigenvalue weighted by Crippen LogP contribution is -2.46. The van der Waals surface area contributed by atoms with Crippen molar-refractivity contribution in [2.24, 2.45) is 4.99 Å². The molecule has 1 atom stereocenters. The number of aromatic nitrogens is 1. The first kappa shape index (κ1) is 24.5. The summed E-state index contributed by atoms with van der Waals surface area (Å²) in [5.41, 5.74) is -1.04. The number of allylic oxidation sites excluding steroid dienone is 1. The molecular formula is C23H23ClF3N5O.